The Balaban J connectivity index is 0. The molecular formula is C10H19NS. The molecule has 2 heteroatoms. The SMILES string of the molecule is CC.Cc1ccc(S)c(C)c1.N. The Morgan fingerprint density at radius 2 is 1.58 bits per heavy atom. The minimum atomic E-state index is 0. The first-order valence-corrected chi connectivity index (χ1v) is 4.41. The molecule has 0 fully saturated rings. The molecule has 0 bridgehead atoms. The standard InChI is InChI=1S/C8H10S.C2H6.H3N/c1-6-3-4-8(9)7(2)5-6;1-2;/h3-5,9H,1-2H3;1-2H3;1H3. The number of hydrogen-bond donors (Lipinski definition) is 2. The summed E-state index contributed by atoms with van der Waals surface area (Å²) in [7, 11) is 0. The zero-order valence-corrected chi connectivity index (χ0v) is 9.28. The van der Waals surface area contributed by atoms with Crippen LogP contribution in [0.5, 0.6) is 0 Å². The first-order chi connectivity index (χ1) is 5.20. The van der Waals surface area contributed by atoms with Crippen LogP contribution >= 0.6 is 12.6 Å². The van der Waals surface area contributed by atoms with E-state index >= 15 is 0 Å². The minimum absolute atomic E-state index is 0. The van der Waals surface area contributed by atoms with E-state index < -0.39 is 0 Å². The number of hydrogen-bond acceptors (Lipinski definition) is 2. The number of benzene rings is 1. The largest absolute Gasteiger partial charge is 0.344 e. The zero-order chi connectivity index (χ0) is 8.85. The van der Waals surface area contributed by atoms with Crippen molar-refractivity contribution in [2.45, 2.75) is 32.6 Å². The van der Waals surface area contributed by atoms with Gasteiger partial charge in [0.1, 0.15) is 0 Å². The number of thiol groups is 1. The summed E-state index contributed by atoms with van der Waals surface area (Å²) in [4.78, 5) is 1.07. The number of rotatable bonds is 0. The Kier molecular flexibility index (Phi) is 8.44. The Hall–Kier alpha value is -0.470. The lowest BCUT2D eigenvalue weighted by Gasteiger charge is -1.97. The molecule has 0 amide bonds. The van der Waals surface area contributed by atoms with E-state index in [9.17, 15) is 0 Å². The van der Waals surface area contributed by atoms with Crippen LogP contribution in [0.25, 0.3) is 0 Å². The van der Waals surface area contributed by atoms with Crippen LogP contribution in [0.1, 0.15) is 25.0 Å². The van der Waals surface area contributed by atoms with Crippen molar-refractivity contribution < 1.29 is 0 Å². The minimum Gasteiger partial charge on any atom is -0.344 e. The Bertz CT molecular complexity index is 221. The van der Waals surface area contributed by atoms with Gasteiger partial charge in [0.25, 0.3) is 0 Å². The number of aryl methyl sites for hydroxylation is 2. The second-order valence-corrected chi connectivity index (χ2v) is 2.77. The van der Waals surface area contributed by atoms with Gasteiger partial charge in [-0.15, -0.1) is 12.6 Å². The first-order valence-electron chi connectivity index (χ1n) is 3.96. The molecule has 0 heterocycles. The summed E-state index contributed by atoms with van der Waals surface area (Å²) in [5, 5.41) is 0. The molecular weight excluding hydrogens is 166 g/mol. The fourth-order valence-corrected chi connectivity index (χ4v) is 0.944. The van der Waals surface area contributed by atoms with Crippen molar-refractivity contribution in [3.05, 3.63) is 29.3 Å². The second kappa shape index (κ2) is 7.19. The van der Waals surface area contributed by atoms with Crippen LogP contribution in [0.3, 0.4) is 0 Å². The van der Waals surface area contributed by atoms with E-state index in [1.807, 2.05) is 19.9 Å². The van der Waals surface area contributed by atoms with E-state index in [2.05, 4.69) is 38.6 Å². The second-order valence-electron chi connectivity index (χ2n) is 2.29. The molecule has 1 aromatic carbocycles. The third kappa shape index (κ3) is 4.42. The Morgan fingerprint density at radius 3 is 1.92 bits per heavy atom. The van der Waals surface area contributed by atoms with Gasteiger partial charge in [0.2, 0.25) is 0 Å². The maximum absolute atomic E-state index is 4.25. The molecule has 70 valence electrons. The first kappa shape index (κ1) is 14.1. The van der Waals surface area contributed by atoms with Crippen molar-refractivity contribution in [1.29, 1.82) is 0 Å². The highest BCUT2D eigenvalue weighted by molar-refractivity contribution is 7.80. The van der Waals surface area contributed by atoms with Crippen LogP contribution in [-0.2, 0) is 0 Å². The maximum atomic E-state index is 4.25. The zero-order valence-electron chi connectivity index (χ0n) is 8.39. The summed E-state index contributed by atoms with van der Waals surface area (Å²) in [5.74, 6) is 0. The van der Waals surface area contributed by atoms with Gasteiger partial charge >= 0.3 is 0 Å². The predicted molar refractivity (Wildman–Crippen MR) is 59.5 cm³/mol. The lowest BCUT2D eigenvalue weighted by atomic mass is 10.2. The van der Waals surface area contributed by atoms with Crippen molar-refractivity contribution in [3.8, 4) is 0 Å². The van der Waals surface area contributed by atoms with Crippen LogP contribution < -0.4 is 6.15 Å². The molecule has 0 atom stereocenters. The predicted octanol–water partition coefficient (Wildman–Crippen LogP) is 3.78. The van der Waals surface area contributed by atoms with E-state index in [1.165, 1.54) is 11.1 Å². The molecule has 0 radical (unpaired) electrons. The van der Waals surface area contributed by atoms with Crippen molar-refractivity contribution in [3.63, 3.8) is 0 Å². The topological polar surface area (TPSA) is 35.0 Å². The van der Waals surface area contributed by atoms with Crippen LogP contribution in [0.2, 0.25) is 0 Å². The lowest BCUT2D eigenvalue weighted by Crippen LogP contribution is -1.76. The molecule has 1 nitrogen and oxygen atoms in total. The molecule has 0 aliphatic heterocycles. The smallest absolute Gasteiger partial charge is 0.00694 e. The summed E-state index contributed by atoms with van der Waals surface area (Å²) < 4.78 is 0. The van der Waals surface area contributed by atoms with Gasteiger partial charge in [-0.3, -0.25) is 0 Å². The molecule has 0 unspecified atom stereocenters. The van der Waals surface area contributed by atoms with Crippen molar-refractivity contribution in [1.82, 2.24) is 6.15 Å². The monoisotopic (exact) mass is 185 g/mol. The highest BCUT2D eigenvalue weighted by atomic mass is 32.1. The van der Waals surface area contributed by atoms with E-state index in [1.54, 1.807) is 0 Å². The summed E-state index contributed by atoms with van der Waals surface area (Å²) >= 11 is 4.25. The van der Waals surface area contributed by atoms with Gasteiger partial charge in [-0.1, -0.05) is 31.5 Å². The summed E-state index contributed by atoms with van der Waals surface area (Å²) in [6.45, 7) is 8.15. The van der Waals surface area contributed by atoms with Crippen molar-refractivity contribution >= 4 is 12.6 Å². The molecule has 3 N–H and O–H groups in total. The molecule has 1 rings (SSSR count). The summed E-state index contributed by atoms with van der Waals surface area (Å²) in [5.41, 5.74) is 2.55. The van der Waals surface area contributed by atoms with E-state index in [-0.39, 0.29) is 6.15 Å². The Labute approximate surface area is 81.2 Å². The molecule has 12 heavy (non-hydrogen) atoms. The van der Waals surface area contributed by atoms with E-state index in [4.69, 9.17) is 0 Å². The van der Waals surface area contributed by atoms with Gasteiger partial charge in [0.05, 0.1) is 0 Å². The van der Waals surface area contributed by atoms with Crippen molar-refractivity contribution in [2.24, 2.45) is 0 Å². The highest BCUT2D eigenvalue weighted by Gasteiger charge is 1.89. The average Bonchev–Trinajstić information content (AvgIpc) is 2.02. The fourth-order valence-electron chi connectivity index (χ4n) is 0.805. The molecule has 0 aliphatic rings. The quantitative estimate of drug-likeness (QED) is 0.593. The van der Waals surface area contributed by atoms with Crippen LogP contribution in [0.4, 0.5) is 0 Å². The van der Waals surface area contributed by atoms with Gasteiger partial charge < -0.3 is 6.15 Å². The van der Waals surface area contributed by atoms with Gasteiger partial charge in [-0.05, 0) is 25.5 Å². The van der Waals surface area contributed by atoms with Crippen molar-refractivity contribution in [2.75, 3.05) is 0 Å². The normalized spacial score (nSPS) is 7.75. The Morgan fingerprint density at radius 1 is 1.08 bits per heavy atom. The van der Waals surface area contributed by atoms with Crippen LogP contribution in [0, 0.1) is 13.8 Å². The fraction of sp³-hybridized carbons (Fsp3) is 0.400. The van der Waals surface area contributed by atoms with Gasteiger partial charge in [-0.2, -0.15) is 0 Å². The molecule has 0 aliphatic carbocycles. The molecule has 1 aromatic rings. The maximum Gasteiger partial charge on any atom is 0.00694 e. The molecule has 0 aromatic heterocycles. The molecule has 0 saturated heterocycles. The summed E-state index contributed by atoms with van der Waals surface area (Å²) in [6, 6.07) is 6.21. The summed E-state index contributed by atoms with van der Waals surface area (Å²) in [6.07, 6.45) is 0. The third-order valence-corrected chi connectivity index (χ3v) is 1.85. The van der Waals surface area contributed by atoms with Crippen LogP contribution in [0.15, 0.2) is 23.1 Å². The lowest BCUT2D eigenvalue weighted by molar-refractivity contribution is 1.27. The average molecular weight is 185 g/mol. The third-order valence-electron chi connectivity index (χ3n) is 1.35. The van der Waals surface area contributed by atoms with Gasteiger partial charge in [-0.25, -0.2) is 0 Å². The van der Waals surface area contributed by atoms with Crippen LogP contribution in [-0.4, -0.2) is 0 Å². The highest BCUT2D eigenvalue weighted by Crippen LogP contribution is 2.13. The van der Waals surface area contributed by atoms with E-state index in [0.29, 0.717) is 0 Å². The van der Waals surface area contributed by atoms with E-state index in [0.717, 1.165) is 4.90 Å². The molecule has 0 spiro atoms. The van der Waals surface area contributed by atoms with Gasteiger partial charge in [0, 0.05) is 4.90 Å². The molecule has 0 saturated carbocycles. The van der Waals surface area contributed by atoms with Gasteiger partial charge in [0.15, 0.2) is 0 Å².